The van der Waals surface area contributed by atoms with Crippen LogP contribution in [0.5, 0.6) is 34.5 Å². The van der Waals surface area contributed by atoms with Gasteiger partial charge in [0.25, 0.3) is 10.1 Å². The second-order valence-corrected chi connectivity index (χ2v) is 17.6. The van der Waals surface area contributed by atoms with Gasteiger partial charge in [-0.3, -0.25) is 18.9 Å². The number of carbonyl (C=O) groups is 2. The van der Waals surface area contributed by atoms with Gasteiger partial charge in [0.1, 0.15) is 32.0 Å². The van der Waals surface area contributed by atoms with Crippen molar-refractivity contribution in [1.82, 2.24) is 0 Å². The SMILES string of the molecule is CCc1ccc(Oc2ccc(N3CC(CN=[N+]=[N-])OC3=O)cc2F)c(OCc2ccccc2)c1.CCc1ccc(Oc2ccc(N3CC(COS(C)(=O)=O)OC3=O)cc2F)c(OCc2ccccc2)c1.[N-]=[N+]=[N-].[Na+]. The van der Waals surface area contributed by atoms with Crippen LogP contribution in [0, 0.1) is 11.6 Å². The first-order valence-electron chi connectivity index (χ1n) is 22.5. The molecule has 23 heteroatoms. The van der Waals surface area contributed by atoms with Crippen molar-refractivity contribution in [2.75, 3.05) is 42.3 Å². The van der Waals surface area contributed by atoms with Crippen molar-refractivity contribution in [3.8, 4) is 34.5 Å². The quantitative estimate of drug-likeness (QED) is 0.0243. The van der Waals surface area contributed by atoms with E-state index in [-0.39, 0.29) is 73.0 Å². The molecule has 2 aliphatic rings. The summed E-state index contributed by atoms with van der Waals surface area (Å²) in [6.07, 6.45) is -0.208. The summed E-state index contributed by atoms with van der Waals surface area (Å²) in [6, 6.07) is 38.7. The molecule has 2 saturated heterocycles. The van der Waals surface area contributed by atoms with Crippen molar-refractivity contribution in [1.29, 1.82) is 0 Å². The van der Waals surface area contributed by atoms with Crippen LogP contribution in [0.15, 0.2) is 139 Å². The number of rotatable bonds is 19. The average Bonchev–Trinajstić information content (AvgIpc) is 3.97. The molecule has 74 heavy (non-hydrogen) atoms. The predicted octanol–water partition coefficient (Wildman–Crippen LogP) is 9.33. The Balaban J connectivity index is 0.000000257. The third-order valence-electron chi connectivity index (χ3n) is 10.8. The van der Waals surface area contributed by atoms with Crippen molar-refractivity contribution in [2.24, 2.45) is 5.11 Å². The molecular weight excluding hydrogens is 994 g/mol. The van der Waals surface area contributed by atoms with Crippen molar-refractivity contribution in [3.05, 3.63) is 194 Å². The van der Waals surface area contributed by atoms with Gasteiger partial charge in [0.05, 0.1) is 37.3 Å². The van der Waals surface area contributed by atoms with E-state index in [1.165, 1.54) is 39.0 Å². The summed E-state index contributed by atoms with van der Waals surface area (Å²) < 4.78 is 90.9. The summed E-state index contributed by atoms with van der Waals surface area (Å²) in [5, 5.41) is 3.42. The molecule has 380 valence electrons. The van der Waals surface area contributed by atoms with Gasteiger partial charge >= 0.3 is 41.7 Å². The van der Waals surface area contributed by atoms with Crippen LogP contribution in [0.25, 0.3) is 26.4 Å². The molecule has 0 aromatic heterocycles. The number of hydrogen-bond donors (Lipinski definition) is 0. The summed E-state index contributed by atoms with van der Waals surface area (Å²) in [5.74, 6) is 0.354. The summed E-state index contributed by atoms with van der Waals surface area (Å²) in [6.45, 7) is 4.61. The molecule has 8 rings (SSSR count). The zero-order valence-corrected chi connectivity index (χ0v) is 43.6. The van der Waals surface area contributed by atoms with E-state index < -0.39 is 46.1 Å². The smallest absolute Gasteiger partial charge is 0.485 e. The first kappa shape index (κ1) is 57.4. The molecule has 0 spiro atoms. The fourth-order valence-electron chi connectivity index (χ4n) is 7.10. The summed E-state index contributed by atoms with van der Waals surface area (Å²) in [7, 11) is -3.68. The second kappa shape index (κ2) is 28.0. The minimum Gasteiger partial charge on any atom is -0.485 e. The number of hydrogen-bond acceptors (Lipinski definition) is 12. The number of benzene rings is 6. The predicted molar refractivity (Wildman–Crippen MR) is 266 cm³/mol. The Morgan fingerprint density at radius 1 is 0.608 bits per heavy atom. The van der Waals surface area contributed by atoms with Gasteiger partial charge in [-0.15, -0.1) is 0 Å². The number of aryl methyl sites for hydroxylation is 2. The van der Waals surface area contributed by atoms with Crippen LogP contribution < -0.4 is 58.3 Å². The number of azide groups is 1. The number of nitrogens with zero attached hydrogens (tertiary/aromatic N) is 8. The number of carbonyl (C=O) groups excluding carboxylic acids is 2. The van der Waals surface area contributed by atoms with Crippen molar-refractivity contribution in [2.45, 2.75) is 52.1 Å². The van der Waals surface area contributed by atoms with Crippen molar-refractivity contribution < 1.29 is 88.9 Å². The minimum absolute atomic E-state index is 0. The Morgan fingerprint density at radius 2 is 1.03 bits per heavy atom. The first-order chi connectivity index (χ1) is 35.2. The van der Waals surface area contributed by atoms with Crippen LogP contribution in [-0.2, 0) is 49.8 Å². The number of ether oxygens (including phenoxy) is 6. The van der Waals surface area contributed by atoms with Gasteiger partial charge in [0, 0.05) is 17.0 Å². The molecule has 0 aliphatic carbocycles. The summed E-state index contributed by atoms with van der Waals surface area (Å²) >= 11 is 0. The molecular formula is C51H49F2N8NaO11S. The van der Waals surface area contributed by atoms with Gasteiger partial charge in [-0.25, -0.2) is 18.4 Å². The molecule has 2 amide bonds. The average molecular weight is 1040 g/mol. The molecule has 2 fully saturated rings. The van der Waals surface area contributed by atoms with Crippen LogP contribution >= 0.6 is 0 Å². The molecule has 6 aromatic carbocycles. The fourth-order valence-corrected chi connectivity index (χ4v) is 7.50. The topological polar surface area (TPSA) is 247 Å². The molecule has 0 bridgehead atoms. The van der Waals surface area contributed by atoms with E-state index in [0.29, 0.717) is 41.9 Å². The molecule has 0 N–H and O–H groups in total. The third-order valence-corrected chi connectivity index (χ3v) is 11.3. The molecule has 2 atom stereocenters. The molecule has 0 saturated carbocycles. The van der Waals surface area contributed by atoms with E-state index in [1.54, 1.807) is 18.2 Å². The number of anilines is 2. The number of amides is 2. The standard InChI is InChI=1S/C26H26FNO7S.C25H23FN4O4.N3.Na/c1-3-18-9-11-24(25(13-18)32-16-19-7-5-4-6-8-19)35-23-12-10-20(14-22(23)27)28-15-21(34-26(28)29)17-33-36(2,30)31;1-2-17-8-10-23(24(12-17)32-16-18-6-4-3-5-7-18)34-22-11-9-19(13-21(22)26)30-15-20(14-28-29-27)33-25(30)31;1-3-2;/h4-14,21H,3,15-17H2,1-2H3;3-13,20H,2,14-16H2,1H3;;/q;;-1;+1. The Hall–Kier alpha value is -7.55. The van der Waals surface area contributed by atoms with Crippen LogP contribution in [0.1, 0.15) is 36.1 Å². The zero-order valence-electron chi connectivity index (χ0n) is 40.7. The van der Waals surface area contributed by atoms with Gasteiger partial charge in [-0.1, -0.05) is 91.8 Å². The number of halogens is 2. The van der Waals surface area contributed by atoms with E-state index in [1.807, 2.05) is 98.8 Å². The maximum Gasteiger partial charge on any atom is 1.00 e. The Bertz CT molecular complexity index is 3060. The van der Waals surface area contributed by atoms with E-state index in [2.05, 4.69) is 10.0 Å². The van der Waals surface area contributed by atoms with E-state index in [0.717, 1.165) is 47.4 Å². The number of cyclic esters (lactones) is 2. The molecule has 2 heterocycles. The third kappa shape index (κ3) is 16.8. The maximum atomic E-state index is 15.0. The normalized spacial score (nSPS) is 14.6. The molecule has 6 aromatic rings. The van der Waals surface area contributed by atoms with Gasteiger partial charge in [-0.05, 0) is 89.2 Å². The summed E-state index contributed by atoms with van der Waals surface area (Å²) in [4.78, 5) is 31.0. The Labute approximate surface area is 447 Å². The largest absolute Gasteiger partial charge is 1.00 e. The second-order valence-electron chi connectivity index (χ2n) is 16.0. The molecule has 2 aliphatic heterocycles. The van der Waals surface area contributed by atoms with Gasteiger partial charge in [0.15, 0.2) is 46.1 Å². The van der Waals surface area contributed by atoms with E-state index in [4.69, 9.17) is 49.2 Å². The first-order valence-corrected chi connectivity index (χ1v) is 24.4. The Kier molecular flexibility index (Phi) is 21.7. The van der Waals surface area contributed by atoms with Crippen LogP contribution in [0.3, 0.4) is 0 Å². The molecule has 2 unspecified atom stereocenters. The molecule has 19 nitrogen and oxygen atoms in total. The minimum atomic E-state index is -3.68. The van der Waals surface area contributed by atoms with Gasteiger partial charge < -0.3 is 39.5 Å². The monoisotopic (exact) mass is 1040 g/mol. The fraction of sp³-hybridized carbons (Fsp3) is 0.255. The van der Waals surface area contributed by atoms with Crippen LogP contribution in [-0.4, -0.2) is 65.3 Å². The van der Waals surface area contributed by atoms with Gasteiger partial charge in [-0.2, -0.15) is 8.42 Å². The van der Waals surface area contributed by atoms with Crippen LogP contribution in [0.2, 0.25) is 0 Å². The molecule has 0 radical (unpaired) electrons. The van der Waals surface area contributed by atoms with E-state index in [9.17, 15) is 26.8 Å². The van der Waals surface area contributed by atoms with Gasteiger partial charge in [0.2, 0.25) is 0 Å². The van der Waals surface area contributed by atoms with Crippen molar-refractivity contribution >= 4 is 33.7 Å². The van der Waals surface area contributed by atoms with Crippen molar-refractivity contribution in [3.63, 3.8) is 0 Å². The zero-order chi connectivity index (χ0) is 52.3. The summed E-state index contributed by atoms with van der Waals surface area (Å²) in [5.41, 5.74) is 26.6. The van der Waals surface area contributed by atoms with Crippen LogP contribution in [0.4, 0.5) is 29.7 Å². The Morgan fingerprint density at radius 3 is 1.43 bits per heavy atom. The maximum absolute atomic E-state index is 15.0. The van der Waals surface area contributed by atoms with E-state index >= 15 is 0 Å².